The number of nitrogens with one attached hydrogen (secondary N) is 1. The molecule has 0 radical (unpaired) electrons. The Hall–Kier alpha value is -3.52. The van der Waals surface area contributed by atoms with Gasteiger partial charge < -0.3 is 14.8 Å². The molecule has 35 heavy (non-hydrogen) atoms. The fourth-order valence-electron chi connectivity index (χ4n) is 3.97. The molecule has 0 spiro atoms. The van der Waals surface area contributed by atoms with Gasteiger partial charge in [-0.05, 0) is 74.7 Å². The van der Waals surface area contributed by atoms with Gasteiger partial charge in [-0.2, -0.15) is 0 Å². The van der Waals surface area contributed by atoms with Crippen LogP contribution in [0.25, 0.3) is 0 Å². The summed E-state index contributed by atoms with van der Waals surface area (Å²) in [6.07, 6.45) is 0. The van der Waals surface area contributed by atoms with Crippen molar-refractivity contribution in [2.24, 2.45) is 0 Å². The SMILES string of the molecule is Cc1ccc(S(=O)(=O)N(CC(=O)N[C@H](C)c2ccc3c(c2)OCCO3)c2cccc(C)c2C)cc1. The molecule has 0 bridgehead atoms. The van der Waals surface area contributed by atoms with Crippen molar-refractivity contribution < 1.29 is 22.7 Å². The topological polar surface area (TPSA) is 84.9 Å². The molecule has 4 rings (SSSR count). The van der Waals surface area contributed by atoms with E-state index in [0.29, 0.717) is 30.4 Å². The summed E-state index contributed by atoms with van der Waals surface area (Å²) in [4.78, 5) is 13.3. The fourth-order valence-corrected chi connectivity index (χ4v) is 5.45. The zero-order chi connectivity index (χ0) is 25.2. The van der Waals surface area contributed by atoms with Crippen LogP contribution in [0, 0.1) is 20.8 Å². The summed E-state index contributed by atoms with van der Waals surface area (Å²) in [6, 6.07) is 17.2. The molecule has 1 atom stereocenters. The van der Waals surface area contributed by atoms with Gasteiger partial charge in [-0.1, -0.05) is 35.9 Å². The third-order valence-electron chi connectivity index (χ3n) is 6.18. The molecule has 0 saturated carbocycles. The minimum Gasteiger partial charge on any atom is -0.486 e. The van der Waals surface area contributed by atoms with Crippen LogP contribution in [-0.4, -0.2) is 34.1 Å². The number of carbonyl (C=O) groups is 1. The number of fused-ring (bicyclic) bond motifs is 1. The number of aryl methyl sites for hydroxylation is 2. The van der Waals surface area contributed by atoms with Gasteiger partial charge in [0.25, 0.3) is 10.0 Å². The standard InChI is InChI=1S/C27H30N2O5S/c1-18-8-11-23(12-9-18)35(31,32)29(24-7-5-6-19(2)20(24)3)17-27(30)28-21(4)22-10-13-25-26(16-22)34-15-14-33-25/h5-13,16,21H,14-15,17H2,1-4H3,(H,28,30)/t21-/m1/s1. The van der Waals surface area contributed by atoms with Gasteiger partial charge in [-0.3, -0.25) is 9.10 Å². The van der Waals surface area contributed by atoms with Crippen molar-refractivity contribution in [1.29, 1.82) is 0 Å². The average Bonchev–Trinajstić information content (AvgIpc) is 2.84. The first-order valence-corrected chi connectivity index (χ1v) is 13.0. The highest BCUT2D eigenvalue weighted by Crippen LogP contribution is 2.33. The zero-order valence-electron chi connectivity index (χ0n) is 20.4. The predicted octanol–water partition coefficient (Wildman–Crippen LogP) is 4.46. The van der Waals surface area contributed by atoms with Crippen molar-refractivity contribution in [2.75, 3.05) is 24.1 Å². The van der Waals surface area contributed by atoms with Crippen LogP contribution in [0.5, 0.6) is 11.5 Å². The molecule has 0 saturated heterocycles. The smallest absolute Gasteiger partial charge is 0.264 e. The third-order valence-corrected chi connectivity index (χ3v) is 7.96. The van der Waals surface area contributed by atoms with Gasteiger partial charge in [0, 0.05) is 0 Å². The molecule has 0 unspecified atom stereocenters. The summed E-state index contributed by atoms with van der Waals surface area (Å²) < 4.78 is 39.7. The summed E-state index contributed by atoms with van der Waals surface area (Å²) in [5.41, 5.74) is 4.01. The number of anilines is 1. The van der Waals surface area contributed by atoms with E-state index in [1.165, 1.54) is 4.31 Å². The van der Waals surface area contributed by atoms with Crippen molar-refractivity contribution in [3.63, 3.8) is 0 Å². The van der Waals surface area contributed by atoms with Crippen molar-refractivity contribution in [1.82, 2.24) is 5.32 Å². The second-order valence-electron chi connectivity index (χ2n) is 8.74. The monoisotopic (exact) mass is 494 g/mol. The number of hydrogen-bond donors (Lipinski definition) is 1. The largest absolute Gasteiger partial charge is 0.486 e. The summed E-state index contributed by atoms with van der Waals surface area (Å²) in [6.45, 7) is 8.14. The van der Waals surface area contributed by atoms with Gasteiger partial charge in [0.05, 0.1) is 16.6 Å². The summed E-state index contributed by atoms with van der Waals surface area (Å²) in [5.74, 6) is 0.890. The van der Waals surface area contributed by atoms with Crippen molar-refractivity contribution in [3.05, 3.63) is 82.9 Å². The number of carbonyl (C=O) groups excluding carboxylic acids is 1. The number of rotatable bonds is 7. The van der Waals surface area contributed by atoms with Crippen LogP contribution >= 0.6 is 0 Å². The Morgan fingerprint density at radius 3 is 2.37 bits per heavy atom. The van der Waals surface area contributed by atoms with Crippen molar-refractivity contribution in [3.8, 4) is 11.5 Å². The van der Waals surface area contributed by atoms with E-state index < -0.39 is 15.9 Å². The Morgan fingerprint density at radius 2 is 1.66 bits per heavy atom. The third kappa shape index (κ3) is 5.27. The van der Waals surface area contributed by atoms with Crippen LogP contribution < -0.4 is 19.1 Å². The Bertz CT molecular complexity index is 1340. The van der Waals surface area contributed by atoms with Crippen LogP contribution in [0.4, 0.5) is 5.69 Å². The Balaban J connectivity index is 1.61. The molecule has 1 heterocycles. The summed E-state index contributed by atoms with van der Waals surface area (Å²) >= 11 is 0. The van der Waals surface area contributed by atoms with E-state index in [2.05, 4.69) is 5.32 Å². The van der Waals surface area contributed by atoms with Crippen LogP contribution in [-0.2, 0) is 14.8 Å². The Morgan fingerprint density at radius 1 is 0.971 bits per heavy atom. The number of benzene rings is 3. The molecule has 1 aliphatic rings. The van der Waals surface area contributed by atoms with Gasteiger partial charge in [0.2, 0.25) is 5.91 Å². The minimum absolute atomic E-state index is 0.136. The Labute approximate surface area is 206 Å². The highest BCUT2D eigenvalue weighted by atomic mass is 32.2. The van der Waals surface area contributed by atoms with Crippen LogP contribution in [0.3, 0.4) is 0 Å². The second-order valence-corrected chi connectivity index (χ2v) is 10.6. The van der Waals surface area contributed by atoms with E-state index in [9.17, 15) is 13.2 Å². The second kappa shape index (κ2) is 10.00. The lowest BCUT2D eigenvalue weighted by Gasteiger charge is -2.27. The molecule has 1 amide bonds. The number of amides is 1. The number of nitrogens with zero attached hydrogens (tertiary/aromatic N) is 1. The molecule has 7 nitrogen and oxygen atoms in total. The molecule has 3 aromatic carbocycles. The molecular weight excluding hydrogens is 464 g/mol. The lowest BCUT2D eigenvalue weighted by atomic mass is 10.1. The van der Waals surface area contributed by atoms with Crippen molar-refractivity contribution in [2.45, 2.75) is 38.6 Å². The molecule has 1 aliphatic heterocycles. The van der Waals surface area contributed by atoms with Crippen LogP contribution in [0.15, 0.2) is 65.6 Å². The quantitative estimate of drug-likeness (QED) is 0.524. The van der Waals surface area contributed by atoms with Gasteiger partial charge in [-0.25, -0.2) is 8.42 Å². The molecule has 8 heteroatoms. The van der Waals surface area contributed by atoms with E-state index in [1.54, 1.807) is 36.4 Å². The van der Waals surface area contributed by atoms with Crippen LogP contribution in [0.2, 0.25) is 0 Å². The zero-order valence-corrected chi connectivity index (χ0v) is 21.2. The van der Waals surface area contributed by atoms with E-state index in [-0.39, 0.29) is 17.5 Å². The first-order chi connectivity index (χ1) is 16.7. The normalized spacial score (nSPS) is 13.7. The first kappa shape index (κ1) is 24.6. The van der Waals surface area contributed by atoms with Crippen LogP contribution in [0.1, 0.15) is 35.2 Å². The van der Waals surface area contributed by atoms with Crippen molar-refractivity contribution >= 4 is 21.6 Å². The van der Waals surface area contributed by atoms with Gasteiger partial charge >= 0.3 is 0 Å². The molecular formula is C27H30N2O5S. The molecule has 1 N–H and O–H groups in total. The number of ether oxygens (including phenoxy) is 2. The molecule has 0 aromatic heterocycles. The summed E-state index contributed by atoms with van der Waals surface area (Å²) in [7, 11) is -3.98. The highest BCUT2D eigenvalue weighted by molar-refractivity contribution is 7.92. The van der Waals surface area contributed by atoms with E-state index in [1.807, 2.05) is 52.0 Å². The molecule has 184 valence electrons. The molecule has 0 aliphatic carbocycles. The van der Waals surface area contributed by atoms with Gasteiger partial charge in [0.15, 0.2) is 11.5 Å². The highest BCUT2D eigenvalue weighted by Gasteiger charge is 2.29. The van der Waals surface area contributed by atoms with E-state index in [4.69, 9.17) is 9.47 Å². The first-order valence-electron chi connectivity index (χ1n) is 11.5. The lowest BCUT2D eigenvalue weighted by molar-refractivity contribution is -0.120. The average molecular weight is 495 g/mol. The minimum atomic E-state index is -3.98. The maximum absolute atomic E-state index is 13.7. The predicted molar refractivity (Wildman–Crippen MR) is 136 cm³/mol. The Kier molecular flexibility index (Phi) is 7.03. The molecule has 0 fully saturated rings. The van der Waals surface area contributed by atoms with E-state index >= 15 is 0 Å². The summed E-state index contributed by atoms with van der Waals surface area (Å²) in [5, 5.41) is 2.93. The number of hydrogen-bond acceptors (Lipinski definition) is 5. The number of sulfonamides is 1. The lowest BCUT2D eigenvalue weighted by Crippen LogP contribution is -2.42. The fraction of sp³-hybridized carbons (Fsp3) is 0.296. The maximum Gasteiger partial charge on any atom is 0.264 e. The van der Waals surface area contributed by atoms with E-state index in [0.717, 1.165) is 22.3 Å². The molecule has 3 aromatic rings. The van der Waals surface area contributed by atoms with Gasteiger partial charge in [-0.15, -0.1) is 0 Å². The van der Waals surface area contributed by atoms with Gasteiger partial charge in [0.1, 0.15) is 19.8 Å². The maximum atomic E-state index is 13.7.